The highest BCUT2D eigenvalue weighted by Crippen LogP contribution is 2.25. The molecule has 1 N–H and O–H groups in total. The predicted molar refractivity (Wildman–Crippen MR) is 105 cm³/mol. The molecular formula is C20H19N3O2S. The van der Waals surface area contributed by atoms with Crippen molar-refractivity contribution >= 4 is 44.7 Å². The van der Waals surface area contributed by atoms with Crippen LogP contribution in [-0.4, -0.2) is 23.3 Å². The Morgan fingerprint density at radius 2 is 2.08 bits per heavy atom. The molecule has 1 aromatic heterocycles. The van der Waals surface area contributed by atoms with Gasteiger partial charge in [-0.25, -0.2) is 4.98 Å². The minimum Gasteiger partial charge on any atom is -0.326 e. The van der Waals surface area contributed by atoms with Crippen LogP contribution < -0.4 is 10.2 Å². The van der Waals surface area contributed by atoms with E-state index in [-0.39, 0.29) is 11.8 Å². The number of aromatic nitrogens is 1. The molecule has 3 aromatic rings. The lowest BCUT2D eigenvalue weighted by Gasteiger charge is -2.16. The first-order valence-electron chi connectivity index (χ1n) is 8.74. The summed E-state index contributed by atoms with van der Waals surface area (Å²) in [6.45, 7) is 0.744. The highest BCUT2D eigenvalue weighted by atomic mass is 32.1. The molecule has 0 atom stereocenters. The van der Waals surface area contributed by atoms with Crippen LogP contribution in [0.1, 0.15) is 24.3 Å². The van der Waals surface area contributed by atoms with Gasteiger partial charge in [-0.2, -0.15) is 0 Å². The average Bonchev–Trinajstić information content (AvgIpc) is 3.25. The number of para-hydroxylation sites is 1. The first kappa shape index (κ1) is 16.7. The van der Waals surface area contributed by atoms with Crippen LogP contribution in [0.5, 0.6) is 0 Å². The maximum atomic E-state index is 12.3. The molecule has 0 saturated carbocycles. The third-order valence-electron chi connectivity index (χ3n) is 4.42. The molecule has 0 aliphatic carbocycles. The number of aryl methyl sites for hydroxylation is 1. The normalized spacial score (nSPS) is 14.2. The maximum Gasteiger partial charge on any atom is 0.227 e. The van der Waals surface area contributed by atoms with E-state index in [9.17, 15) is 9.59 Å². The van der Waals surface area contributed by atoms with Crippen LogP contribution in [0.3, 0.4) is 0 Å². The number of amides is 2. The number of nitrogens with zero attached hydrogens (tertiary/aromatic N) is 2. The molecule has 4 rings (SSSR count). The maximum absolute atomic E-state index is 12.3. The Kier molecular flexibility index (Phi) is 4.67. The molecule has 1 saturated heterocycles. The molecule has 1 fully saturated rings. The van der Waals surface area contributed by atoms with Crippen LogP contribution in [0.4, 0.5) is 11.4 Å². The van der Waals surface area contributed by atoms with Gasteiger partial charge < -0.3 is 10.2 Å². The second kappa shape index (κ2) is 7.25. The molecule has 0 spiro atoms. The van der Waals surface area contributed by atoms with Gasteiger partial charge in [0.15, 0.2) is 0 Å². The van der Waals surface area contributed by atoms with Crippen molar-refractivity contribution in [2.45, 2.75) is 25.7 Å². The van der Waals surface area contributed by atoms with Crippen LogP contribution in [0.15, 0.2) is 48.5 Å². The third kappa shape index (κ3) is 3.60. The summed E-state index contributed by atoms with van der Waals surface area (Å²) in [6, 6.07) is 15.5. The number of nitrogens with one attached hydrogen (secondary N) is 1. The van der Waals surface area contributed by atoms with Crippen molar-refractivity contribution in [1.29, 1.82) is 0 Å². The largest absolute Gasteiger partial charge is 0.326 e. The fourth-order valence-corrected chi connectivity index (χ4v) is 4.11. The van der Waals surface area contributed by atoms with Crippen LogP contribution in [0, 0.1) is 0 Å². The summed E-state index contributed by atoms with van der Waals surface area (Å²) in [5, 5.41) is 3.89. The number of hydrogen-bond acceptors (Lipinski definition) is 4. The van der Waals surface area contributed by atoms with Gasteiger partial charge in [0.25, 0.3) is 0 Å². The molecule has 2 heterocycles. The van der Waals surface area contributed by atoms with E-state index in [1.165, 1.54) is 0 Å². The van der Waals surface area contributed by atoms with Crippen LogP contribution in [-0.2, 0) is 16.0 Å². The second-order valence-electron chi connectivity index (χ2n) is 6.32. The quantitative estimate of drug-likeness (QED) is 0.743. The van der Waals surface area contributed by atoms with Crippen molar-refractivity contribution < 1.29 is 9.59 Å². The number of rotatable bonds is 5. The van der Waals surface area contributed by atoms with Crippen molar-refractivity contribution in [2.75, 3.05) is 16.8 Å². The molecule has 1 aliphatic rings. The molecule has 6 heteroatoms. The van der Waals surface area contributed by atoms with Gasteiger partial charge in [0.05, 0.1) is 15.2 Å². The van der Waals surface area contributed by atoms with Crippen molar-refractivity contribution in [2.24, 2.45) is 0 Å². The van der Waals surface area contributed by atoms with E-state index in [4.69, 9.17) is 0 Å². The lowest BCUT2D eigenvalue weighted by molar-refractivity contribution is -0.117. The van der Waals surface area contributed by atoms with E-state index in [0.717, 1.165) is 39.6 Å². The summed E-state index contributed by atoms with van der Waals surface area (Å²) in [6.07, 6.45) is 2.48. The summed E-state index contributed by atoms with van der Waals surface area (Å²) in [5.41, 5.74) is 2.55. The number of carbonyl (C=O) groups excluding carboxylic acids is 2. The fraction of sp³-hybridized carbons (Fsp3) is 0.250. The minimum atomic E-state index is -0.0471. The first-order valence-corrected chi connectivity index (χ1v) is 9.55. The Labute approximate surface area is 155 Å². The molecule has 2 amide bonds. The molecule has 2 aromatic carbocycles. The topological polar surface area (TPSA) is 62.3 Å². The summed E-state index contributed by atoms with van der Waals surface area (Å²) >= 11 is 1.63. The minimum absolute atomic E-state index is 0.0471. The number of carbonyl (C=O) groups is 2. The third-order valence-corrected chi connectivity index (χ3v) is 5.52. The SMILES string of the molecule is O=C(CCc1nc2ccccc2s1)Nc1cccc(N2CCCC2=O)c1. The number of anilines is 2. The Bertz CT molecular complexity index is 933. The Hall–Kier alpha value is -2.73. The van der Waals surface area contributed by atoms with Crippen molar-refractivity contribution in [3.05, 3.63) is 53.5 Å². The standard InChI is InChI=1S/C20H19N3O2S/c24-18(10-11-19-22-16-7-1-2-8-17(16)26-19)21-14-5-3-6-15(13-14)23-12-4-9-20(23)25/h1-3,5-8,13H,4,9-12H2,(H,21,24). The molecular weight excluding hydrogens is 346 g/mol. The van der Waals surface area contributed by atoms with Gasteiger partial charge in [-0.05, 0) is 36.8 Å². The lowest BCUT2D eigenvalue weighted by Crippen LogP contribution is -2.23. The summed E-state index contributed by atoms with van der Waals surface area (Å²) in [5.74, 6) is 0.0958. The lowest BCUT2D eigenvalue weighted by atomic mass is 10.2. The Morgan fingerprint density at radius 1 is 1.19 bits per heavy atom. The van der Waals surface area contributed by atoms with Gasteiger partial charge >= 0.3 is 0 Å². The smallest absolute Gasteiger partial charge is 0.227 e. The molecule has 132 valence electrons. The van der Waals surface area contributed by atoms with Crippen LogP contribution in [0.2, 0.25) is 0 Å². The van der Waals surface area contributed by atoms with Crippen LogP contribution in [0.25, 0.3) is 10.2 Å². The number of thiazole rings is 1. The van der Waals surface area contributed by atoms with Gasteiger partial charge in [-0.3, -0.25) is 9.59 Å². The zero-order valence-electron chi connectivity index (χ0n) is 14.3. The zero-order valence-corrected chi connectivity index (χ0v) is 15.1. The van der Waals surface area contributed by atoms with Crippen LogP contribution >= 0.6 is 11.3 Å². The zero-order chi connectivity index (χ0) is 17.9. The highest BCUT2D eigenvalue weighted by Gasteiger charge is 2.21. The summed E-state index contributed by atoms with van der Waals surface area (Å²) < 4.78 is 1.14. The Balaban J connectivity index is 1.38. The van der Waals surface area contributed by atoms with E-state index in [1.54, 1.807) is 16.2 Å². The van der Waals surface area contributed by atoms with E-state index in [2.05, 4.69) is 10.3 Å². The van der Waals surface area contributed by atoms with Gasteiger partial charge in [-0.1, -0.05) is 18.2 Å². The van der Waals surface area contributed by atoms with E-state index in [1.807, 2.05) is 48.5 Å². The van der Waals surface area contributed by atoms with E-state index < -0.39 is 0 Å². The summed E-state index contributed by atoms with van der Waals surface area (Å²) in [7, 11) is 0. The molecule has 26 heavy (non-hydrogen) atoms. The molecule has 5 nitrogen and oxygen atoms in total. The Morgan fingerprint density at radius 3 is 2.88 bits per heavy atom. The number of benzene rings is 2. The van der Waals surface area contributed by atoms with Crippen molar-refractivity contribution in [3.8, 4) is 0 Å². The monoisotopic (exact) mass is 365 g/mol. The van der Waals surface area contributed by atoms with Crippen molar-refractivity contribution in [1.82, 2.24) is 4.98 Å². The summed E-state index contributed by atoms with van der Waals surface area (Å²) in [4.78, 5) is 30.5. The second-order valence-corrected chi connectivity index (χ2v) is 7.44. The fourth-order valence-electron chi connectivity index (χ4n) is 3.14. The highest BCUT2D eigenvalue weighted by molar-refractivity contribution is 7.18. The molecule has 0 unspecified atom stereocenters. The van der Waals surface area contributed by atoms with E-state index >= 15 is 0 Å². The van der Waals surface area contributed by atoms with Crippen molar-refractivity contribution in [3.63, 3.8) is 0 Å². The molecule has 1 aliphatic heterocycles. The molecule has 0 radical (unpaired) electrons. The van der Waals surface area contributed by atoms with Gasteiger partial charge in [0.2, 0.25) is 11.8 Å². The van der Waals surface area contributed by atoms with E-state index in [0.29, 0.717) is 19.3 Å². The van der Waals surface area contributed by atoms with Gasteiger partial charge in [0, 0.05) is 37.2 Å². The first-order chi connectivity index (χ1) is 12.7. The van der Waals surface area contributed by atoms with Gasteiger partial charge in [-0.15, -0.1) is 11.3 Å². The average molecular weight is 365 g/mol. The number of hydrogen-bond donors (Lipinski definition) is 1. The predicted octanol–water partition coefficient (Wildman–Crippen LogP) is 3.99. The van der Waals surface area contributed by atoms with Gasteiger partial charge in [0.1, 0.15) is 0 Å². The molecule has 0 bridgehead atoms. The number of fused-ring (bicyclic) bond motifs is 1.